The number of halogens is 2. The van der Waals surface area contributed by atoms with Crippen LogP contribution in [0.3, 0.4) is 0 Å². The summed E-state index contributed by atoms with van der Waals surface area (Å²) in [6, 6.07) is 4.79. The van der Waals surface area contributed by atoms with Gasteiger partial charge in [-0.3, -0.25) is 0 Å². The quantitative estimate of drug-likeness (QED) is 0.639. The smallest absolute Gasteiger partial charge is 0.407 e. The van der Waals surface area contributed by atoms with Gasteiger partial charge >= 0.3 is 12.1 Å². The van der Waals surface area contributed by atoms with Crippen LogP contribution in [-0.4, -0.2) is 30.8 Å². The molecule has 0 heterocycles. The molecule has 0 aromatic heterocycles. The van der Waals surface area contributed by atoms with E-state index in [0.717, 1.165) is 0 Å². The van der Waals surface area contributed by atoms with Crippen LogP contribution < -0.4 is 5.32 Å². The second-order valence-corrected chi connectivity index (χ2v) is 6.57. The second kappa shape index (κ2) is 7.66. The van der Waals surface area contributed by atoms with Crippen LogP contribution in [-0.2, 0) is 9.47 Å². The number of alkyl carbamates (subject to hydrolysis) is 1. The highest BCUT2D eigenvalue weighted by Gasteiger charge is 2.15. The summed E-state index contributed by atoms with van der Waals surface area (Å²) in [7, 11) is 0. The zero-order valence-electron chi connectivity index (χ0n) is 12.0. The minimum absolute atomic E-state index is 0.0439. The van der Waals surface area contributed by atoms with Crippen LogP contribution in [0.15, 0.2) is 22.7 Å². The summed E-state index contributed by atoms with van der Waals surface area (Å²) < 4.78 is 10.8. The second-order valence-electron chi connectivity index (χ2n) is 5.22. The molecule has 5 nitrogen and oxygen atoms in total. The Morgan fingerprint density at radius 1 is 1.29 bits per heavy atom. The fourth-order valence-corrected chi connectivity index (χ4v) is 2.23. The molecule has 1 aromatic rings. The first-order chi connectivity index (χ1) is 9.67. The first-order valence-corrected chi connectivity index (χ1v) is 7.44. The molecular weight excluding hydrogens is 362 g/mol. The average Bonchev–Trinajstić information content (AvgIpc) is 2.31. The molecular formula is C14H17BrClNO4. The van der Waals surface area contributed by atoms with E-state index >= 15 is 0 Å². The molecule has 0 radical (unpaired) electrons. The molecule has 1 rings (SSSR count). The molecule has 0 aliphatic rings. The summed E-state index contributed by atoms with van der Waals surface area (Å²) in [6.45, 7) is 5.52. The molecule has 0 aliphatic heterocycles. The van der Waals surface area contributed by atoms with Gasteiger partial charge in [-0.2, -0.15) is 0 Å². The average molecular weight is 379 g/mol. The summed E-state index contributed by atoms with van der Waals surface area (Å²) in [5, 5.41) is 2.93. The van der Waals surface area contributed by atoms with Crippen molar-refractivity contribution in [1.82, 2.24) is 5.32 Å². The summed E-state index contributed by atoms with van der Waals surface area (Å²) in [5.74, 6) is -0.510. The molecule has 0 bridgehead atoms. The summed E-state index contributed by atoms with van der Waals surface area (Å²) >= 11 is 9.09. The van der Waals surface area contributed by atoms with E-state index in [2.05, 4.69) is 21.2 Å². The van der Waals surface area contributed by atoms with Gasteiger partial charge in [0.05, 0.1) is 12.1 Å². The van der Waals surface area contributed by atoms with E-state index in [1.165, 1.54) is 6.07 Å². The molecule has 116 valence electrons. The number of nitrogens with one attached hydrogen (secondary N) is 1. The maximum absolute atomic E-state index is 11.8. The molecule has 1 aromatic carbocycles. The lowest BCUT2D eigenvalue weighted by atomic mass is 10.2. The number of rotatable bonds is 4. The monoisotopic (exact) mass is 377 g/mol. The van der Waals surface area contributed by atoms with E-state index in [-0.39, 0.29) is 13.2 Å². The lowest BCUT2D eigenvalue weighted by Crippen LogP contribution is -2.34. The lowest BCUT2D eigenvalue weighted by Gasteiger charge is -2.19. The Bertz CT molecular complexity index is 508. The van der Waals surface area contributed by atoms with Crippen molar-refractivity contribution in [2.45, 2.75) is 26.4 Å². The molecule has 1 N–H and O–H groups in total. The standard InChI is InChI=1S/C14H17BrClNO4/c1-14(2,3)21-13(19)17-4-5-20-12(18)9-6-10(15)8-11(16)7-9/h6-8H,4-5H2,1-3H3,(H,17,19). The van der Waals surface area contributed by atoms with E-state index in [4.69, 9.17) is 21.1 Å². The molecule has 0 saturated heterocycles. The molecule has 0 unspecified atom stereocenters. The maximum Gasteiger partial charge on any atom is 0.407 e. The molecule has 7 heteroatoms. The number of amides is 1. The third-order valence-electron chi connectivity index (χ3n) is 2.10. The minimum Gasteiger partial charge on any atom is -0.460 e. The number of carbonyl (C=O) groups excluding carboxylic acids is 2. The first kappa shape index (κ1) is 17.8. The van der Waals surface area contributed by atoms with Crippen LogP contribution in [0.25, 0.3) is 0 Å². The van der Waals surface area contributed by atoms with E-state index < -0.39 is 17.7 Å². The summed E-state index contributed by atoms with van der Waals surface area (Å²) in [6.07, 6.45) is -0.552. The number of ether oxygens (including phenoxy) is 2. The van der Waals surface area contributed by atoms with Crippen LogP contribution in [0.4, 0.5) is 4.79 Å². The lowest BCUT2D eigenvalue weighted by molar-refractivity contribution is 0.0433. The molecule has 0 spiro atoms. The van der Waals surface area contributed by atoms with Crippen LogP contribution in [0, 0.1) is 0 Å². The van der Waals surface area contributed by atoms with Gasteiger partial charge in [-0.15, -0.1) is 0 Å². The van der Waals surface area contributed by atoms with Gasteiger partial charge in [-0.1, -0.05) is 27.5 Å². The molecule has 0 aliphatic carbocycles. The van der Waals surface area contributed by atoms with Gasteiger partial charge in [0.1, 0.15) is 12.2 Å². The Kier molecular flexibility index (Phi) is 6.48. The predicted molar refractivity (Wildman–Crippen MR) is 83.7 cm³/mol. The van der Waals surface area contributed by atoms with Crippen molar-refractivity contribution in [2.24, 2.45) is 0 Å². The number of esters is 1. The van der Waals surface area contributed by atoms with E-state index in [1.54, 1.807) is 32.9 Å². The van der Waals surface area contributed by atoms with Gasteiger partial charge in [-0.25, -0.2) is 9.59 Å². The largest absolute Gasteiger partial charge is 0.460 e. The van der Waals surface area contributed by atoms with Crippen LogP contribution >= 0.6 is 27.5 Å². The fraction of sp³-hybridized carbons (Fsp3) is 0.429. The number of benzene rings is 1. The van der Waals surface area contributed by atoms with Crippen molar-refractivity contribution in [3.05, 3.63) is 33.3 Å². The van der Waals surface area contributed by atoms with E-state index in [9.17, 15) is 9.59 Å². The maximum atomic E-state index is 11.8. The van der Waals surface area contributed by atoms with Gasteiger partial charge < -0.3 is 14.8 Å². The van der Waals surface area contributed by atoms with Gasteiger partial charge in [0.2, 0.25) is 0 Å². The SMILES string of the molecule is CC(C)(C)OC(=O)NCCOC(=O)c1cc(Cl)cc(Br)c1. The topological polar surface area (TPSA) is 64.6 Å². The zero-order chi connectivity index (χ0) is 16.0. The number of hydrogen-bond acceptors (Lipinski definition) is 4. The fourth-order valence-electron chi connectivity index (χ4n) is 1.37. The first-order valence-electron chi connectivity index (χ1n) is 6.27. The summed E-state index contributed by atoms with van der Waals surface area (Å²) in [5.41, 5.74) is -0.222. The Morgan fingerprint density at radius 2 is 1.95 bits per heavy atom. The third-order valence-corrected chi connectivity index (χ3v) is 2.78. The third kappa shape index (κ3) is 7.34. The normalized spacial score (nSPS) is 10.9. The highest BCUT2D eigenvalue weighted by Crippen LogP contribution is 2.20. The van der Waals surface area contributed by atoms with Crippen molar-refractivity contribution < 1.29 is 19.1 Å². The van der Waals surface area contributed by atoms with Crippen LogP contribution in [0.5, 0.6) is 0 Å². The predicted octanol–water partition coefficient (Wildman–Crippen LogP) is 3.78. The number of carbonyl (C=O) groups is 2. The molecule has 0 fully saturated rings. The Balaban J connectivity index is 2.36. The van der Waals surface area contributed by atoms with Crippen molar-refractivity contribution in [2.75, 3.05) is 13.2 Å². The Morgan fingerprint density at radius 3 is 2.52 bits per heavy atom. The molecule has 21 heavy (non-hydrogen) atoms. The molecule has 0 atom stereocenters. The highest BCUT2D eigenvalue weighted by molar-refractivity contribution is 9.10. The van der Waals surface area contributed by atoms with Crippen molar-refractivity contribution >= 4 is 39.6 Å². The minimum atomic E-state index is -0.562. The Hall–Kier alpha value is -1.27. The van der Waals surface area contributed by atoms with E-state index in [1.807, 2.05) is 0 Å². The van der Waals surface area contributed by atoms with Crippen molar-refractivity contribution in [3.8, 4) is 0 Å². The number of hydrogen-bond donors (Lipinski definition) is 1. The highest BCUT2D eigenvalue weighted by atomic mass is 79.9. The van der Waals surface area contributed by atoms with Gasteiger partial charge in [0.15, 0.2) is 0 Å². The van der Waals surface area contributed by atoms with Gasteiger partial charge in [-0.05, 0) is 39.0 Å². The van der Waals surface area contributed by atoms with Crippen molar-refractivity contribution in [1.29, 1.82) is 0 Å². The Labute approximate surface area is 137 Å². The van der Waals surface area contributed by atoms with Crippen molar-refractivity contribution in [3.63, 3.8) is 0 Å². The summed E-state index contributed by atoms with van der Waals surface area (Å²) in [4.78, 5) is 23.1. The molecule has 0 saturated carbocycles. The van der Waals surface area contributed by atoms with Crippen LogP contribution in [0.1, 0.15) is 31.1 Å². The van der Waals surface area contributed by atoms with Gasteiger partial charge in [0.25, 0.3) is 0 Å². The van der Waals surface area contributed by atoms with Crippen LogP contribution in [0.2, 0.25) is 5.02 Å². The zero-order valence-corrected chi connectivity index (χ0v) is 14.4. The molecule has 1 amide bonds. The van der Waals surface area contributed by atoms with Gasteiger partial charge in [0, 0.05) is 9.50 Å². The van der Waals surface area contributed by atoms with E-state index in [0.29, 0.717) is 15.1 Å².